The lowest BCUT2D eigenvalue weighted by Crippen LogP contribution is -2.29. The van der Waals surface area contributed by atoms with Gasteiger partial charge in [0.1, 0.15) is 0 Å². The SMILES string of the molecule is Cc1cc2c(cc1C)CN(CC(=O)Nc1cccc3ccccc13)C2. The van der Waals surface area contributed by atoms with Crippen molar-refractivity contribution in [1.29, 1.82) is 0 Å². The van der Waals surface area contributed by atoms with Crippen LogP contribution < -0.4 is 5.32 Å². The normalized spacial score (nSPS) is 13.8. The molecule has 3 aromatic rings. The first-order valence-electron chi connectivity index (χ1n) is 8.69. The summed E-state index contributed by atoms with van der Waals surface area (Å²) in [6, 6.07) is 18.6. The lowest BCUT2D eigenvalue weighted by Gasteiger charge is -2.15. The molecule has 0 bridgehead atoms. The van der Waals surface area contributed by atoms with Gasteiger partial charge in [-0.25, -0.2) is 0 Å². The van der Waals surface area contributed by atoms with E-state index in [0.29, 0.717) is 6.54 Å². The first-order chi connectivity index (χ1) is 12.1. The molecule has 126 valence electrons. The van der Waals surface area contributed by atoms with Crippen molar-refractivity contribution in [2.45, 2.75) is 26.9 Å². The zero-order valence-corrected chi connectivity index (χ0v) is 14.7. The van der Waals surface area contributed by atoms with Gasteiger partial charge in [0.25, 0.3) is 0 Å². The van der Waals surface area contributed by atoms with Crippen LogP contribution in [-0.4, -0.2) is 17.4 Å². The number of carbonyl (C=O) groups excluding carboxylic acids is 1. The molecule has 0 radical (unpaired) electrons. The van der Waals surface area contributed by atoms with Gasteiger partial charge < -0.3 is 5.32 Å². The zero-order chi connectivity index (χ0) is 17.4. The number of amides is 1. The third-order valence-corrected chi connectivity index (χ3v) is 5.03. The van der Waals surface area contributed by atoms with E-state index in [4.69, 9.17) is 0 Å². The molecule has 0 unspecified atom stereocenters. The highest BCUT2D eigenvalue weighted by atomic mass is 16.2. The van der Waals surface area contributed by atoms with Crippen molar-refractivity contribution >= 4 is 22.4 Å². The summed E-state index contributed by atoms with van der Waals surface area (Å²) in [6.07, 6.45) is 0. The van der Waals surface area contributed by atoms with Crippen LogP contribution in [0.2, 0.25) is 0 Å². The minimum Gasteiger partial charge on any atom is -0.324 e. The second-order valence-electron chi connectivity index (χ2n) is 6.93. The highest BCUT2D eigenvalue weighted by Gasteiger charge is 2.21. The van der Waals surface area contributed by atoms with Crippen molar-refractivity contribution in [3.8, 4) is 0 Å². The third kappa shape index (κ3) is 3.15. The van der Waals surface area contributed by atoms with E-state index >= 15 is 0 Å². The van der Waals surface area contributed by atoms with Crippen molar-refractivity contribution in [2.75, 3.05) is 11.9 Å². The summed E-state index contributed by atoms with van der Waals surface area (Å²) >= 11 is 0. The van der Waals surface area contributed by atoms with E-state index in [9.17, 15) is 4.79 Å². The van der Waals surface area contributed by atoms with Gasteiger partial charge in [0.05, 0.1) is 6.54 Å². The highest BCUT2D eigenvalue weighted by Crippen LogP contribution is 2.26. The molecule has 0 aromatic heterocycles. The first-order valence-corrected chi connectivity index (χ1v) is 8.69. The van der Waals surface area contributed by atoms with Crippen molar-refractivity contribution in [2.24, 2.45) is 0 Å². The summed E-state index contributed by atoms with van der Waals surface area (Å²) in [4.78, 5) is 14.7. The van der Waals surface area contributed by atoms with Crippen molar-refractivity contribution < 1.29 is 4.79 Å². The largest absolute Gasteiger partial charge is 0.324 e. The van der Waals surface area contributed by atoms with Crippen LogP contribution in [0.3, 0.4) is 0 Å². The average Bonchev–Trinajstić information content (AvgIpc) is 2.96. The Morgan fingerprint density at radius 1 is 0.960 bits per heavy atom. The maximum Gasteiger partial charge on any atom is 0.238 e. The van der Waals surface area contributed by atoms with Gasteiger partial charge in [-0.2, -0.15) is 0 Å². The molecule has 0 aliphatic carbocycles. The van der Waals surface area contributed by atoms with E-state index in [1.165, 1.54) is 22.3 Å². The molecule has 0 saturated carbocycles. The van der Waals surface area contributed by atoms with Crippen LogP contribution in [0.4, 0.5) is 5.69 Å². The highest BCUT2D eigenvalue weighted by molar-refractivity contribution is 6.02. The number of aryl methyl sites for hydroxylation is 2. The molecule has 3 aromatic carbocycles. The van der Waals surface area contributed by atoms with Gasteiger partial charge in [0.15, 0.2) is 0 Å². The Morgan fingerprint density at radius 3 is 2.32 bits per heavy atom. The predicted octanol–water partition coefficient (Wildman–Crippen LogP) is 4.41. The topological polar surface area (TPSA) is 32.3 Å². The fraction of sp³-hybridized carbons (Fsp3) is 0.227. The number of hydrogen-bond donors (Lipinski definition) is 1. The molecule has 1 amide bonds. The average molecular weight is 330 g/mol. The summed E-state index contributed by atoms with van der Waals surface area (Å²) < 4.78 is 0. The van der Waals surface area contributed by atoms with Gasteiger partial charge >= 0.3 is 0 Å². The minimum absolute atomic E-state index is 0.0394. The third-order valence-electron chi connectivity index (χ3n) is 5.03. The van der Waals surface area contributed by atoms with Crippen LogP contribution in [0.1, 0.15) is 22.3 Å². The summed E-state index contributed by atoms with van der Waals surface area (Å²) in [7, 11) is 0. The summed E-state index contributed by atoms with van der Waals surface area (Å²) in [6.45, 7) is 6.39. The number of nitrogens with one attached hydrogen (secondary N) is 1. The molecule has 1 aliphatic heterocycles. The Balaban J connectivity index is 1.46. The summed E-state index contributed by atoms with van der Waals surface area (Å²) in [5, 5.41) is 5.30. The number of fused-ring (bicyclic) bond motifs is 2. The van der Waals surface area contributed by atoms with Gasteiger partial charge in [0.2, 0.25) is 5.91 Å². The van der Waals surface area contributed by atoms with Crippen LogP contribution in [-0.2, 0) is 17.9 Å². The molecule has 0 atom stereocenters. The fourth-order valence-corrected chi connectivity index (χ4v) is 3.61. The van der Waals surface area contributed by atoms with E-state index in [1.807, 2.05) is 30.3 Å². The van der Waals surface area contributed by atoms with Crippen LogP contribution in [0.25, 0.3) is 10.8 Å². The second kappa shape index (κ2) is 6.34. The van der Waals surface area contributed by atoms with Gasteiger partial charge in [-0.1, -0.05) is 48.5 Å². The van der Waals surface area contributed by atoms with E-state index in [-0.39, 0.29) is 5.91 Å². The lowest BCUT2D eigenvalue weighted by atomic mass is 10.0. The number of benzene rings is 3. The van der Waals surface area contributed by atoms with Crippen LogP contribution in [0.15, 0.2) is 54.6 Å². The van der Waals surface area contributed by atoms with E-state index in [2.05, 4.69) is 48.3 Å². The predicted molar refractivity (Wildman–Crippen MR) is 103 cm³/mol. The number of anilines is 1. The van der Waals surface area contributed by atoms with E-state index in [1.54, 1.807) is 0 Å². The maximum absolute atomic E-state index is 12.5. The molecule has 0 spiro atoms. The summed E-state index contributed by atoms with van der Waals surface area (Å²) in [5.41, 5.74) is 6.22. The molecule has 3 nitrogen and oxygen atoms in total. The van der Waals surface area contributed by atoms with Crippen molar-refractivity contribution in [1.82, 2.24) is 4.90 Å². The fourth-order valence-electron chi connectivity index (χ4n) is 3.61. The van der Waals surface area contributed by atoms with Crippen molar-refractivity contribution in [3.05, 3.63) is 76.9 Å². The second-order valence-corrected chi connectivity index (χ2v) is 6.93. The number of rotatable bonds is 3. The van der Waals surface area contributed by atoms with Gasteiger partial charge in [-0.15, -0.1) is 0 Å². The van der Waals surface area contributed by atoms with Gasteiger partial charge in [0, 0.05) is 24.2 Å². The summed E-state index contributed by atoms with van der Waals surface area (Å²) in [5.74, 6) is 0.0394. The van der Waals surface area contributed by atoms with E-state index < -0.39 is 0 Å². The quantitative estimate of drug-likeness (QED) is 0.771. The molecular weight excluding hydrogens is 308 g/mol. The van der Waals surface area contributed by atoms with Gasteiger partial charge in [-0.3, -0.25) is 9.69 Å². The number of hydrogen-bond acceptors (Lipinski definition) is 2. The van der Waals surface area contributed by atoms with Gasteiger partial charge in [-0.05, 0) is 47.6 Å². The standard InChI is InChI=1S/C22H22N2O/c1-15-10-18-12-24(13-19(18)11-16(15)2)14-22(25)23-21-9-5-7-17-6-3-4-8-20(17)21/h3-11H,12-14H2,1-2H3,(H,23,25). The van der Waals surface area contributed by atoms with Crippen LogP contribution >= 0.6 is 0 Å². The zero-order valence-electron chi connectivity index (χ0n) is 14.7. The molecule has 1 heterocycles. The Labute approximate surface area is 148 Å². The van der Waals surface area contributed by atoms with Crippen molar-refractivity contribution in [3.63, 3.8) is 0 Å². The molecular formula is C22H22N2O. The lowest BCUT2D eigenvalue weighted by molar-refractivity contribution is -0.117. The Hall–Kier alpha value is -2.65. The molecule has 1 aliphatic rings. The number of carbonyl (C=O) groups is 1. The van der Waals surface area contributed by atoms with Crippen LogP contribution in [0.5, 0.6) is 0 Å². The maximum atomic E-state index is 12.5. The minimum atomic E-state index is 0.0394. The first kappa shape index (κ1) is 15.9. The Bertz CT molecular complexity index is 925. The Morgan fingerprint density at radius 2 is 1.60 bits per heavy atom. The molecule has 1 N–H and O–H groups in total. The molecule has 25 heavy (non-hydrogen) atoms. The van der Waals surface area contributed by atoms with Crippen LogP contribution in [0, 0.1) is 13.8 Å². The molecule has 0 saturated heterocycles. The molecule has 0 fully saturated rings. The monoisotopic (exact) mass is 330 g/mol. The molecule has 3 heteroatoms. The molecule has 4 rings (SSSR count). The number of nitrogens with zero attached hydrogens (tertiary/aromatic N) is 1. The smallest absolute Gasteiger partial charge is 0.238 e. The van der Waals surface area contributed by atoms with E-state index in [0.717, 1.165) is 29.5 Å². The Kier molecular flexibility index (Phi) is 4.02.